The molecule has 4 atom stereocenters. The predicted octanol–water partition coefficient (Wildman–Crippen LogP) is 4.71. The standard InChI is InChI=1S/C24H33BrFN3O/c1-29(22(30)23-11-16-8-17(12-23)14-24(25,13-16)15-23)7-3-6-20-10-21(28-27-20)18-4-2-5-19(26)9-18/h2,4-5,9,16-17,20-21,27-28H,3,6-8,10-15H2,1H3. The van der Waals surface area contributed by atoms with Gasteiger partial charge < -0.3 is 4.90 Å². The van der Waals surface area contributed by atoms with Crippen LogP contribution in [0.3, 0.4) is 0 Å². The van der Waals surface area contributed by atoms with Gasteiger partial charge in [-0.15, -0.1) is 0 Å². The predicted molar refractivity (Wildman–Crippen MR) is 119 cm³/mol. The zero-order valence-corrected chi connectivity index (χ0v) is 19.4. The van der Waals surface area contributed by atoms with E-state index in [9.17, 15) is 9.18 Å². The van der Waals surface area contributed by atoms with Gasteiger partial charge in [0.2, 0.25) is 5.91 Å². The molecular weight excluding hydrogens is 445 g/mol. The Bertz CT molecular complexity index is 803. The van der Waals surface area contributed by atoms with E-state index < -0.39 is 0 Å². The number of halogens is 2. The number of rotatable bonds is 6. The van der Waals surface area contributed by atoms with Crippen molar-refractivity contribution in [1.29, 1.82) is 0 Å². The second kappa shape index (κ2) is 7.86. The van der Waals surface area contributed by atoms with Crippen LogP contribution in [-0.2, 0) is 4.79 Å². The van der Waals surface area contributed by atoms with Gasteiger partial charge in [0.1, 0.15) is 5.82 Å². The van der Waals surface area contributed by atoms with Crippen LogP contribution in [0, 0.1) is 23.1 Å². The van der Waals surface area contributed by atoms with E-state index in [1.165, 1.54) is 25.3 Å². The van der Waals surface area contributed by atoms with Crippen LogP contribution < -0.4 is 10.9 Å². The minimum absolute atomic E-state index is 0.113. The number of hydrogen-bond acceptors (Lipinski definition) is 3. The summed E-state index contributed by atoms with van der Waals surface area (Å²) in [5.74, 6) is 1.66. The molecule has 4 unspecified atom stereocenters. The summed E-state index contributed by atoms with van der Waals surface area (Å²) in [4.78, 5) is 15.5. The number of nitrogens with zero attached hydrogens (tertiary/aromatic N) is 1. The van der Waals surface area contributed by atoms with E-state index in [2.05, 4.69) is 26.8 Å². The molecule has 6 rings (SSSR count). The van der Waals surface area contributed by atoms with Gasteiger partial charge >= 0.3 is 0 Å². The van der Waals surface area contributed by atoms with Crippen LogP contribution in [0.25, 0.3) is 0 Å². The summed E-state index contributed by atoms with van der Waals surface area (Å²) in [5, 5.41) is 0. The van der Waals surface area contributed by atoms with E-state index in [1.807, 2.05) is 18.0 Å². The third-order valence-electron chi connectivity index (χ3n) is 8.07. The maximum Gasteiger partial charge on any atom is 0.228 e. The number of benzene rings is 1. The molecule has 30 heavy (non-hydrogen) atoms. The molecule has 1 aromatic carbocycles. The van der Waals surface area contributed by atoms with Gasteiger partial charge in [-0.25, -0.2) is 4.39 Å². The summed E-state index contributed by atoms with van der Waals surface area (Å²) < 4.78 is 13.7. The molecule has 164 valence electrons. The number of carbonyl (C=O) groups is 1. The Hall–Kier alpha value is -0.980. The van der Waals surface area contributed by atoms with Crippen molar-refractivity contribution in [3.05, 3.63) is 35.6 Å². The molecule has 4 aliphatic carbocycles. The Labute approximate surface area is 187 Å². The second-order valence-electron chi connectivity index (χ2n) is 10.6. The number of nitrogens with one attached hydrogen (secondary N) is 2. The fourth-order valence-corrected chi connectivity index (χ4v) is 8.69. The van der Waals surface area contributed by atoms with Crippen LogP contribution in [0.15, 0.2) is 24.3 Å². The highest BCUT2D eigenvalue weighted by molar-refractivity contribution is 9.10. The van der Waals surface area contributed by atoms with Crippen LogP contribution in [0.5, 0.6) is 0 Å². The molecule has 4 bridgehead atoms. The molecule has 4 nitrogen and oxygen atoms in total. The van der Waals surface area contributed by atoms with Crippen LogP contribution in [0.2, 0.25) is 0 Å². The van der Waals surface area contributed by atoms with Crippen molar-refractivity contribution < 1.29 is 9.18 Å². The largest absolute Gasteiger partial charge is 0.345 e. The van der Waals surface area contributed by atoms with Crippen molar-refractivity contribution in [2.24, 2.45) is 17.3 Å². The van der Waals surface area contributed by atoms with E-state index in [0.717, 1.165) is 62.5 Å². The molecule has 2 N–H and O–H groups in total. The second-order valence-corrected chi connectivity index (χ2v) is 12.3. The maximum absolute atomic E-state index is 13.5. The Morgan fingerprint density at radius 3 is 2.67 bits per heavy atom. The number of hydrogen-bond donors (Lipinski definition) is 2. The van der Waals surface area contributed by atoms with Crippen LogP contribution in [-0.4, -0.2) is 34.8 Å². The summed E-state index contributed by atoms with van der Waals surface area (Å²) in [6, 6.07) is 7.33. The van der Waals surface area contributed by atoms with Crippen LogP contribution >= 0.6 is 15.9 Å². The highest BCUT2D eigenvalue weighted by Crippen LogP contribution is 2.64. The molecule has 1 heterocycles. The molecule has 5 fully saturated rings. The Balaban J connectivity index is 1.12. The monoisotopic (exact) mass is 477 g/mol. The van der Waals surface area contributed by atoms with Gasteiger partial charge in [0.25, 0.3) is 0 Å². The SMILES string of the molecule is CN(CCCC1CC(c2cccc(F)c2)NN1)C(=O)C12CC3CC(CC(Br)(C3)C1)C2. The molecule has 1 amide bonds. The maximum atomic E-state index is 13.5. The first-order valence-corrected chi connectivity index (χ1v) is 12.3. The lowest BCUT2D eigenvalue weighted by Crippen LogP contribution is -2.58. The molecule has 1 aliphatic heterocycles. The van der Waals surface area contributed by atoms with Gasteiger partial charge in [-0.3, -0.25) is 15.6 Å². The van der Waals surface area contributed by atoms with E-state index in [-0.39, 0.29) is 21.6 Å². The van der Waals surface area contributed by atoms with Crippen molar-refractivity contribution in [2.45, 2.75) is 74.2 Å². The quantitative estimate of drug-likeness (QED) is 0.583. The van der Waals surface area contributed by atoms with Gasteiger partial charge in [0, 0.05) is 30.0 Å². The number of hydrazine groups is 1. The zero-order chi connectivity index (χ0) is 20.9. The molecule has 0 aromatic heterocycles. The van der Waals surface area contributed by atoms with Gasteiger partial charge in [0.05, 0.1) is 5.41 Å². The summed E-state index contributed by atoms with van der Waals surface area (Å²) in [5.41, 5.74) is 7.54. The fraction of sp³-hybridized carbons (Fsp3) is 0.708. The average molecular weight is 478 g/mol. The lowest BCUT2D eigenvalue weighted by atomic mass is 9.49. The van der Waals surface area contributed by atoms with Gasteiger partial charge in [-0.05, 0) is 87.3 Å². The number of amides is 1. The van der Waals surface area contributed by atoms with Crippen molar-refractivity contribution in [2.75, 3.05) is 13.6 Å². The highest BCUT2D eigenvalue weighted by Gasteiger charge is 2.60. The summed E-state index contributed by atoms with van der Waals surface area (Å²) in [7, 11) is 2.00. The lowest BCUT2D eigenvalue weighted by Gasteiger charge is -2.60. The molecule has 5 aliphatic rings. The third kappa shape index (κ3) is 3.95. The topological polar surface area (TPSA) is 44.4 Å². The molecule has 1 aromatic rings. The van der Waals surface area contributed by atoms with Crippen molar-refractivity contribution >= 4 is 21.8 Å². The normalized spacial score (nSPS) is 39.4. The van der Waals surface area contributed by atoms with Gasteiger partial charge in [0.15, 0.2) is 0 Å². The van der Waals surface area contributed by atoms with E-state index in [4.69, 9.17) is 0 Å². The molecular formula is C24H33BrFN3O. The van der Waals surface area contributed by atoms with Crippen molar-refractivity contribution in [3.63, 3.8) is 0 Å². The van der Waals surface area contributed by atoms with E-state index >= 15 is 0 Å². The van der Waals surface area contributed by atoms with Crippen LogP contribution in [0.4, 0.5) is 4.39 Å². The summed E-state index contributed by atoms with van der Waals surface area (Å²) >= 11 is 4.03. The van der Waals surface area contributed by atoms with Crippen LogP contribution in [0.1, 0.15) is 69.4 Å². The number of alkyl halides is 1. The van der Waals surface area contributed by atoms with E-state index in [0.29, 0.717) is 11.9 Å². The Kier molecular flexibility index (Phi) is 5.47. The molecule has 6 heteroatoms. The minimum Gasteiger partial charge on any atom is -0.345 e. The average Bonchev–Trinajstić information content (AvgIpc) is 3.14. The Morgan fingerprint density at radius 2 is 1.97 bits per heavy atom. The number of carbonyl (C=O) groups excluding carboxylic acids is 1. The first kappa shape index (κ1) is 20.9. The van der Waals surface area contributed by atoms with Gasteiger partial charge in [-0.1, -0.05) is 28.1 Å². The zero-order valence-electron chi connectivity index (χ0n) is 17.8. The van der Waals surface area contributed by atoms with E-state index in [1.54, 1.807) is 12.1 Å². The smallest absolute Gasteiger partial charge is 0.228 e. The molecule has 0 spiro atoms. The summed E-state index contributed by atoms with van der Waals surface area (Å²) in [6.07, 6.45) is 10.0. The van der Waals surface area contributed by atoms with Crippen molar-refractivity contribution in [1.82, 2.24) is 15.8 Å². The Morgan fingerprint density at radius 1 is 1.20 bits per heavy atom. The van der Waals surface area contributed by atoms with Gasteiger partial charge in [-0.2, -0.15) is 0 Å². The summed E-state index contributed by atoms with van der Waals surface area (Å²) in [6.45, 7) is 0.814. The lowest BCUT2D eigenvalue weighted by molar-refractivity contribution is -0.154. The first-order chi connectivity index (χ1) is 14.3. The third-order valence-corrected chi connectivity index (χ3v) is 9.00. The minimum atomic E-state index is -0.187. The van der Waals surface area contributed by atoms with Crippen molar-refractivity contribution in [3.8, 4) is 0 Å². The molecule has 1 saturated heterocycles. The molecule has 0 radical (unpaired) electrons. The molecule has 4 saturated carbocycles. The highest BCUT2D eigenvalue weighted by atomic mass is 79.9. The first-order valence-electron chi connectivity index (χ1n) is 11.6. The fourth-order valence-electron chi connectivity index (χ4n) is 7.24.